The monoisotopic (exact) mass is 497 g/mol. The molecule has 2 fully saturated rings. The Morgan fingerprint density at radius 2 is 1.34 bits per heavy atom. The molecule has 2 unspecified atom stereocenters. The van der Waals surface area contributed by atoms with Gasteiger partial charge in [0.15, 0.2) is 0 Å². The zero-order chi connectivity index (χ0) is 23.8. The summed E-state index contributed by atoms with van der Waals surface area (Å²) >= 11 is 0. The van der Waals surface area contributed by atoms with Crippen molar-refractivity contribution in [3.05, 3.63) is 0 Å². The molecular weight excluding hydrogens is 476 g/mol. The molecule has 0 aromatic heterocycles. The molecule has 0 radical (unpaired) electrons. The lowest BCUT2D eigenvalue weighted by Crippen LogP contribution is -2.36. The van der Waals surface area contributed by atoms with E-state index in [1.807, 2.05) is 0 Å². The molecule has 0 saturated carbocycles. The fourth-order valence-electron chi connectivity index (χ4n) is 2.10. The Balaban J connectivity index is 1.81. The molecule has 15 nitrogen and oxygen atoms in total. The fraction of sp³-hybridized carbons (Fsp3) is 0.600. The lowest BCUT2D eigenvalue weighted by atomic mass is 10.2. The average molecular weight is 497 g/mol. The SMILES string of the molecule is N[C@@H]1CCC(=O)OP(OC(=O)[C@@H](N)CCC(=O)OP2OC(=O)CC[C@H](N)C(=O)O2)OC1=O. The van der Waals surface area contributed by atoms with Gasteiger partial charge in [0, 0.05) is 19.3 Å². The zero-order valence-corrected chi connectivity index (χ0v) is 18.3. The molecule has 0 aromatic rings. The second-order valence-electron chi connectivity index (χ2n) is 6.50. The maximum Gasteiger partial charge on any atom is 0.537 e. The second kappa shape index (κ2) is 12.0. The minimum absolute atomic E-state index is 0.00944. The van der Waals surface area contributed by atoms with E-state index in [2.05, 4.69) is 0 Å². The Hall–Kier alpha value is -2.44. The number of hydrogen-bond acceptors (Lipinski definition) is 15. The van der Waals surface area contributed by atoms with Crippen LogP contribution in [0.25, 0.3) is 0 Å². The third-order valence-corrected chi connectivity index (χ3v) is 5.95. The maximum atomic E-state index is 12.1. The van der Waals surface area contributed by atoms with Gasteiger partial charge in [0.25, 0.3) is 0 Å². The molecule has 0 bridgehead atoms. The van der Waals surface area contributed by atoms with Crippen molar-refractivity contribution in [2.24, 2.45) is 17.2 Å². The van der Waals surface area contributed by atoms with E-state index in [1.54, 1.807) is 0 Å². The highest BCUT2D eigenvalue weighted by Crippen LogP contribution is 2.43. The van der Waals surface area contributed by atoms with Gasteiger partial charge in [-0.05, 0) is 19.3 Å². The largest absolute Gasteiger partial charge is 0.537 e. The molecule has 0 aromatic carbocycles. The highest BCUT2D eigenvalue weighted by molar-refractivity contribution is 7.43. The number of carbonyl (C=O) groups excluding carboxylic acids is 6. The number of nitrogens with two attached hydrogens (primary N) is 3. The summed E-state index contributed by atoms with van der Waals surface area (Å²) in [5, 5.41) is 0. The van der Waals surface area contributed by atoms with Crippen LogP contribution < -0.4 is 17.2 Å². The summed E-state index contributed by atoms with van der Waals surface area (Å²) < 4.78 is 28.5. The summed E-state index contributed by atoms with van der Waals surface area (Å²) in [6.45, 7) is 0. The van der Waals surface area contributed by atoms with Crippen molar-refractivity contribution in [2.75, 3.05) is 0 Å². The standard InChI is InChI=1S/C15H21N3O12P2/c16-7-1-4-10(19)25-31(28-13(7)22)26-11(20)5-2-8(17)14(23)29-32-27-12(21)6-3-9(18)15(24)30-32/h7-9H,1-6,16-18H2/t7-,8-,9+,31?,32?/m0/s1. The summed E-state index contributed by atoms with van der Waals surface area (Å²) in [5.74, 6) is -5.48. The van der Waals surface area contributed by atoms with Gasteiger partial charge in [0.1, 0.15) is 18.1 Å². The van der Waals surface area contributed by atoms with Crippen molar-refractivity contribution in [3.8, 4) is 0 Å². The molecule has 6 N–H and O–H groups in total. The minimum atomic E-state index is -2.70. The van der Waals surface area contributed by atoms with E-state index in [4.69, 9.17) is 44.3 Å². The van der Waals surface area contributed by atoms with Crippen LogP contribution in [0.15, 0.2) is 0 Å². The first-order valence-electron chi connectivity index (χ1n) is 9.20. The van der Waals surface area contributed by atoms with Crippen molar-refractivity contribution < 1.29 is 55.9 Å². The van der Waals surface area contributed by atoms with Crippen LogP contribution in [0.2, 0.25) is 0 Å². The van der Waals surface area contributed by atoms with Gasteiger partial charge in [-0.2, -0.15) is 0 Å². The quantitative estimate of drug-likeness (QED) is 0.375. The van der Waals surface area contributed by atoms with Gasteiger partial charge in [-0.15, -0.1) is 0 Å². The molecule has 0 aliphatic carbocycles. The van der Waals surface area contributed by atoms with Crippen LogP contribution in [0, 0.1) is 0 Å². The topological polar surface area (TPSA) is 236 Å². The van der Waals surface area contributed by atoms with Crippen LogP contribution in [0.3, 0.4) is 0 Å². The molecule has 178 valence electrons. The first-order chi connectivity index (χ1) is 15.0. The molecule has 17 heteroatoms. The van der Waals surface area contributed by atoms with Crippen LogP contribution in [-0.4, -0.2) is 53.9 Å². The van der Waals surface area contributed by atoms with Crippen molar-refractivity contribution >= 4 is 53.0 Å². The molecule has 2 aliphatic heterocycles. The lowest BCUT2D eigenvalue weighted by Gasteiger charge is -2.21. The molecule has 0 amide bonds. The van der Waals surface area contributed by atoms with Gasteiger partial charge in [-0.3, -0.25) is 14.4 Å². The van der Waals surface area contributed by atoms with E-state index in [0.717, 1.165) is 0 Å². The minimum Gasteiger partial charge on any atom is -0.375 e. The van der Waals surface area contributed by atoms with Gasteiger partial charge in [0.2, 0.25) is 0 Å². The highest BCUT2D eigenvalue weighted by atomic mass is 31.2. The first kappa shape index (κ1) is 25.8. The van der Waals surface area contributed by atoms with Crippen LogP contribution in [0.4, 0.5) is 0 Å². The van der Waals surface area contributed by atoms with Crippen LogP contribution in [-0.2, 0) is 55.9 Å². The summed E-state index contributed by atoms with van der Waals surface area (Å²) in [5.41, 5.74) is 16.6. The predicted molar refractivity (Wildman–Crippen MR) is 102 cm³/mol. The fourth-order valence-corrected chi connectivity index (χ4v) is 3.94. The van der Waals surface area contributed by atoms with Crippen molar-refractivity contribution in [1.82, 2.24) is 0 Å². The van der Waals surface area contributed by atoms with Crippen molar-refractivity contribution in [1.29, 1.82) is 0 Å². The number of carbonyl (C=O) groups is 6. The first-order valence-corrected chi connectivity index (χ1v) is 11.4. The molecule has 0 spiro atoms. The summed E-state index contributed by atoms with van der Waals surface area (Å²) in [6.07, 6.45) is -1.08. The third-order valence-electron chi connectivity index (χ3n) is 3.91. The Morgan fingerprint density at radius 1 is 0.875 bits per heavy atom. The molecule has 2 heterocycles. The Labute approximate surface area is 183 Å². The molecular formula is C15H21N3O12P2. The summed E-state index contributed by atoms with van der Waals surface area (Å²) in [7, 11) is -5.35. The van der Waals surface area contributed by atoms with Crippen molar-refractivity contribution in [2.45, 2.75) is 56.7 Å². The third kappa shape index (κ3) is 8.24. The average Bonchev–Trinajstić information content (AvgIpc) is 2.72. The number of hydrogen-bond donors (Lipinski definition) is 3. The smallest absolute Gasteiger partial charge is 0.375 e. The van der Waals surface area contributed by atoms with Gasteiger partial charge in [0.05, 0.1) is 0 Å². The normalized spacial score (nSPS) is 27.7. The summed E-state index contributed by atoms with van der Waals surface area (Å²) in [6, 6.07) is -3.55. The van der Waals surface area contributed by atoms with E-state index in [0.29, 0.717) is 0 Å². The van der Waals surface area contributed by atoms with E-state index in [9.17, 15) is 28.8 Å². The van der Waals surface area contributed by atoms with E-state index < -0.39 is 77.6 Å². The molecule has 32 heavy (non-hydrogen) atoms. The molecule has 2 saturated heterocycles. The van der Waals surface area contributed by atoms with Gasteiger partial charge in [-0.1, -0.05) is 0 Å². The molecule has 5 atom stereocenters. The number of rotatable bonds is 6. The highest BCUT2D eigenvalue weighted by Gasteiger charge is 2.36. The van der Waals surface area contributed by atoms with Crippen molar-refractivity contribution in [3.63, 3.8) is 0 Å². The predicted octanol–water partition coefficient (Wildman–Crippen LogP) is -0.951. The van der Waals surface area contributed by atoms with Crippen LogP contribution in [0.1, 0.15) is 38.5 Å². The Kier molecular flexibility index (Phi) is 9.66. The molecule has 2 rings (SSSR count). The second-order valence-corrected chi connectivity index (χ2v) is 8.49. The van der Waals surface area contributed by atoms with Crippen LogP contribution in [0.5, 0.6) is 0 Å². The summed E-state index contributed by atoms with van der Waals surface area (Å²) in [4.78, 5) is 70.4. The van der Waals surface area contributed by atoms with E-state index >= 15 is 0 Å². The van der Waals surface area contributed by atoms with Gasteiger partial charge >= 0.3 is 53.0 Å². The Bertz CT molecular complexity index is 781. The van der Waals surface area contributed by atoms with Gasteiger partial charge < -0.3 is 44.3 Å². The van der Waals surface area contributed by atoms with Crippen LogP contribution >= 0.6 is 17.2 Å². The van der Waals surface area contributed by atoms with Gasteiger partial charge in [-0.25, -0.2) is 14.4 Å². The Morgan fingerprint density at radius 3 is 1.84 bits per heavy atom. The lowest BCUT2D eigenvalue weighted by molar-refractivity contribution is -0.147. The van der Waals surface area contributed by atoms with E-state index in [-0.39, 0.29) is 32.1 Å². The maximum absolute atomic E-state index is 12.1. The van der Waals surface area contributed by atoms with E-state index in [1.165, 1.54) is 0 Å². The zero-order valence-electron chi connectivity index (χ0n) is 16.5. The molecule has 2 aliphatic rings.